The first-order valence-electron chi connectivity index (χ1n) is 6.79. The van der Waals surface area contributed by atoms with E-state index in [1.807, 2.05) is 12.1 Å². The number of benzene rings is 1. The minimum atomic E-state index is -0.125. The first-order valence-corrected chi connectivity index (χ1v) is 9.37. The second-order valence-corrected chi connectivity index (χ2v) is 7.85. The summed E-state index contributed by atoms with van der Waals surface area (Å²) >= 11 is 11.8. The molecule has 1 aromatic carbocycles. The topological polar surface area (TPSA) is 29.1 Å². The van der Waals surface area contributed by atoms with Crippen molar-refractivity contribution in [1.29, 1.82) is 0 Å². The fourth-order valence-electron chi connectivity index (χ4n) is 2.91. The SMILES string of the molecule is CC1CCCC(CBr)(NC(=O)c2cc(Cl)ccc2I)C1. The van der Waals surface area contributed by atoms with Crippen LogP contribution in [0.3, 0.4) is 0 Å². The van der Waals surface area contributed by atoms with Crippen molar-refractivity contribution in [3.63, 3.8) is 0 Å². The fourth-order valence-corrected chi connectivity index (χ4v) is 4.31. The Morgan fingerprint density at radius 1 is 1.60 bits per heavy atom. The molecule has 110 valence electrons. The van der Waals surface area contributed by atoms with Gasteiger partial charge < -0.3 is 5.32 Å². The number of hydrogen-bond acceptors (Lipinski definition) is 1. The van der Waals surface area contributed by atoms with Gasteiger partial charge in [-0.15, -0.1) is 0 Å². The summed E-state index contributed by atoms with van der Waals surface area (Å²) in [5, 5.41) is 4.64. The van der Waals surface area contributed by atoms with Crippen LogP contribution in [0.4, 0.5) is 0 Å². The summed E-state index contributed by atoms with van der Waals surface area (Å²) in [7, 11) is 0. The van der Waals surface area contributed by atoms with E-state index in [4.69, 9.17) is 11.6 Å². The highest BCUT2D eigenvalue weighted by atomic mass is 127. The van der Waals surface area contributed by atoms with E-state index in [0.717, 1.165) is 21.7 Å². The lowest BCUT2D eigenvalue weighted by Crippen LogP contribution is -2.52. The molecule has 20 heavy (non-hydrogen) atoms. The van der Waals surface area contributed by atoms with Gasteiger partial charge in [-0.25, -0.2) is 0 Å². The summed E-state index contributed by atoms with van der Waals surface area (Å²) in [4.78, 5) is 12.6. The Hall–Kier alpha value is 0.190. The average Bonchev–Trinajstić information content (AvgIpc) is 2.41. The van der Waals surface area contributed by atoms with Gasteiger partial charge in [0.15, 0.2) is 0 Å². The maximum Gasteiger partial charge on any atom is 0.252 e. The van der Waals surface area contributed by atoms with Crippen LogP contribution in [0.25, 0.3) is 0 Å². The van der Waals surface area contributed by atoms with Gasteiger partial charge in [-0.3, -0.25) is 4.79 Å². The van der Waals surface area contributed by atoms with Crippen LogP contribution < -0.4 is 5.32 Å². The van der Waals surface area contributed by atoms with E-state index in [2.05, 4.69) is 50.8 Å². The van der Waals surface area contributed by atoms with Crippen molar-refractivity contribution in [2.45, 2.75) is 38.1 Å². The maximum absolute atomic E-state index is 12.6. The largest absolute Gasteiger partial charge is 0.346 e. The Bertz CT molecular complexity index is 511. The fraction of sp³-hybridized carbons (Fsp3) is 0.533. The molecule has 2 unspecified atom stereocenters. The molecule has 1 aromatic rings. The van der Waals surface area contributed by atoms with Crippen LogP contribution in [-0.2, 0) is 0 Å². The third-order valence-electron chi connectivity index (χ3n) is 3.90. The molecule has 1 N–H and O–H groups in total. The van der Waals surface area contributed by atoms with Gasteiger partial charge in [0.1, 0.15) is 0 Å². The van der Waals surface area contributed by atoms with Crippen LogP contribution in [0, 0.1) is 9.49 Å². The number of nitrogens with one attached hydrogen (secondary N) is 1. The molecule has 1 aliphatic rings. The first kappa shape index (κ1) is 16.6. The van der Waals surface area contributed by atoms with Crippen molar-refractivity contribution in [3.8, 4) is 0 Å². The number of carbonyl (C=O) groups excluding carboxylic acids is 1. The Kier molecular flexibility index (Phi) is 5.77. The molecule has 0 bridgehead atoms. The Balaban J connectivity index is 2.19. The number of alkyl halides is 1. The van der Waals surface area contributed by atoms with Crippen LogP contribution in [0.1, 0.15) is 43.0 Å². The molecule has 2 atom stereocenters. The highest BCUT2D eigenvalue weighted by molar-refractivity contribution is 14.1. The number of amides is 1. The van der Waals surface area contributed by atoms with E-state index < -0.39 is 0 Å². The zero-order chi connectivity index (χ0) is 14.8. The van der Waals surface area contributed by atoms with E-state index in [-0.39, 0.29) is 11.4 Å². The molecule has 0 saturated heterocycles. The second kappa shape index (κ2) is 6.97. The van der Waals surface area contributed by atoms with Crippen LogP contribution in [0.5, 0.6) is 0 Å². The molecule has 1 fully saturated rings. The zero-order valence-electron chi connectivity index (χ0n) is 11.4. The normalized spacial score (nSPS) is 26.3. The average molecular weight is 471 g/mol. The molecule has 2 nitrogen and oxygen atoms in total. The van der Waals surface area contributed by atoms with Crippen molar-refractivity contribution in [1.82, 2.24) is 5.32 Å². The highest BCUT2D eigenvalue weighted by Crippen LogP contribution is 2.34. The minimum Gasteiger partial charge on any atom is -0.346 e. The van der Waals surface area contributed by atoms with Gasteiger partial charge in [0.05, 0.1) is 11.1 Å². The van der Waals surface area contributed by atoms with E-state index in [0.29, 0.717) is 16.5 Å². The van der Waals surface area contributed by atoms with Gasteiger partial charge in [-0.1, -0.05) is 47.3 Å². The lowest BCUT2D eigenvalue weighted by molar-refractivity contribution is 0.0868. The molecular formula is C15H18BrClINO. The van der Waals surface area contributed by atoms with Gasteiger partial charge in [0, 0.05) is 13.9 Å². The molecule has 1 amide bonds. The van der Waals surface area contributed by atoms with Crippen LogP contribution >= 0.6 is 50.1 Å². The summed E-state index contributed by atoms with van der Waals surface area (Å²) in [6, 6.07) is 5.43. The molecule has 0 heterocycles. The van der Waals surface area contributed by atoms with E-state index in [1.165, 1.54) is 12.8 Å². The molecule has 0 aliphatic heterocycles. The summed E-state index contributed by atoms with van der Waals surface area (Å²) in [5.41, 5.74) is 0.539. The Morgan fingerprint density at radius 3 is 3.00 bits per heavy atom. The molecular weight excluding hydrogens is 452 g/mol. The first-order chi connectivity index (χ1) is 9.46. The number of rotatable bonds is 3. The molecule has 1 saturated carbocycles. The van der Waals surface area contributed by atoms with Gasteiger partial charge in [-0.05, 0) is 59.5 Å². The summed E-state index contributed by atoms with van der Waals surface area (Å²) in [5.74, 6) is 0.630. The molecule has 0 aromatic heterocycles. The number of hydrogen-bond donors (Lipinski definition) is 1. The summed E-state index contributed by atoms with van der Waals surface area (Å²) in [6.07, 6.45) is 4.48. The van der Waals surface area contributed by atoms with Crippen LogP contribution in [0.15, 0.2) is 18.2 Å². The van der Waals surface area contributed by atoms with Crippen LogP contribution in [0.2, 0.25) is 5.02 Å². The van der Waals surface area contributed by atoms with Crippen molar-refractivity contribution in [2.24, 2.45) is 5.92 Å². The lowest BCUT2D eigenvalue weighted by atomic mass is 9.77. The Morgan fingerprint density at radius 2 is 2.35 bits per heavy atom. The molecule has 0 radical (unpaired) electrons. The number of carbonyl (C=O) groups is 1. The highest BCUT2D eigenvalue weighted by Gasteiger charge is 2.35. The predicted molar refractivity (Wildman–Crippen MR) is 95.8 cm³/mol. The number of halogens is 3. The molecule has 2 rings (SSSR count). The maximum atomic E-state index is 12.6. The van der Waals surface area contributed by atoms with Gasteiger partial charge >= 0.3 is 0 Å². The standard InChI is InChI=1S/C15H18BrClINO/c1-10-3-2-6-15(8-10,9-16)19-14(20)12-7-11(17)4-5-13(12)18/h4-5,7,10H,2-3,6,8-9H2,1H3,(H,19,20). The van der Waals surface area contributed by atoms with Crippen molar-refractivity contribution in [3.05, 3.63) is 32.4 Å². The quantitative estimate of drug-likeness (QED) is 0.488. The third kappa shape index (κ3) is 3.89. The van der Waals surface area contributed by atoms with Crippen molar-refractivity contribution >= 4 is 56.0 Å². The summed E-state index contributed by atoms with van der Waals surface area (Å²) in [6.45, 7) is 2.26. The molecule has 5 heteroatoms. The van der Waals surface area contributed by atoms with E-state index >= 15 is 0 Å². The molecule has 1 aliphatic carbocycles. The predicted octanol–water partition coefficient (Wildman–Crippen LogP) is 5.02. The van der Waals surface area contributed by atoms with Gasteiger partial charge in [0.2, 0.25) is 0 Å². The second-order valence-electron chi connectivity index (χ2n) is 5.69. The van der Waals surface area contributed by atoms with Gasteiger partial charge in [0.25, 0.3) is 5.91 Å². The third-order valence-corrected chi connectivity index (χ3v) is 6.15. The lowest BCUT2D eigenvalue weighted by Gasteiger charge is -2.39. The van der Waals surface area contributed by atoms with Crippen LogP contribution in [-0.4, -0.2) is 16.8 Å². The van der Waals surface area contributed by atoms with E-state index in [1.54, 1.807) is 6.07 Å². The smallest absolute Gasteiger partial charge is 0.252 e. The summed E-state index contributed by atoms with van der Waals surface area (Å²) < 4.78 is 0.929. The minimum absolute atomic E-state index is 0.0227. The monoisotopic (exact) mass is 469 g/mol. The Labute approximate surface area is 147 Å². The molecule has 0 spiro atoms. The van der Waals surface area contributed by atoms with E-state index in [9.17, 15) is 4.79 Å². The van der Waals surface area contributed by atoms with Crippen molar-refractivity contribution < 1.29 is 4.79 Å². The zero-order valence-corrected chi connectivity index (χ0v) is 15.9. The van der Waals surface area contributed by atoms with Crippen molar-refractivity contribution in [2.75, 3.05) is 5.33 Å². The van der Waals surface area contributed by atoms with Gasteiger partial charge in [-0.2, -0.15) is 0 Å².